The molecule has 68 valence electrons. The highest BCUT2D eigenvalue weighted by Crippen LogP contribution is 2.27. The van der Waals surface area contributed by atoms with Crippen molar-refractivity contribution in [3.05, 3.63) is 12.1 Å². The Morgan fingerprint density at radius 1 is 1.58 bits per heavy atom. The van der Waals surface area contributed by atoms with Crippen LogP contribution < -0.4 is 0 Å². The van der Waals surface area contributed by atoms with Crippen LogP contribution in [0, 0.1) is 0 Å². The van der Waals surface area contributed by atoms with Gasteiger partial charge in [0.15, 0.2) is 0 Å². The van der Waals surface area contributed by atoms with Gasteiger partial charge < -0.3 is 9.31 Å². The van der Waals surface area contributed by atoms with Crippen molar-refractivity contribution < 1.29 is 9.31 Å². The van der Waals surface area contributed by atoms with Crippen LogP contribution in [0.1, 0.15) is 34.1 Å². The average Bonchev–Trinajstić information content (AvgIpc) is 1.82. The molecule has 12 heavy (non-hydrogen) atoms. The molecule has 0 aromatic carbocycles. The van der Waals surface area contributed by atoms with Crippen molar-refractivity contribution in [3.8, 4) is 0 Å². The first kappa shape index (κ1) is 9.81. The van der Waals surface area contributed by atoms with Crippen molar-refractivity contribution in [2.24, 2.45) is 0 Å². The van der Waals surface area contributed by atoms with Gasteiger partial charge >= 0.3 is 7.12 Å². The minimum Gasteiger partial charge on any atom is -0.405 e. The summed E-state index contributed by atoms with van der Waals surface area (Å²) in [7, 11) is -0.219. The minimum absolute atomic E-state index is 0.0821. The number of hydrogen-bond acceptors (Lipinski definition) is 2. The van der Waals surface area contributed by atoms with E-state index >= 15 is 0 Å². The fraction of sp³-hybridized carbons (Fsp3) is 0.778. The zero-order chi connectivity index (χ0) is 9.35. The van der Waals surface area contributed by atoms with Gasteiger partial charge in [-0.3, -0.25) is 0 Å². The van der Waals surface area contributed by atoms with Gasteiger partial charge in [-0.25, -0.2) is 0 Å². The topological polar surface area (TPSA) is 18.5 Å². The molecule has 0 N–H and O–H groups in total. The van der Waals surface area contributed by atoms with E-state index in [1.807, 2.05) is 6.92 Å². The first-order valence-electron chi connectivity index (χ1n) is 4.39. The predicted octanol–water partition coefficient (Wildman–Crippen LogP) is 2.19. The van der Waals surface area contributed by atoms with Gasteiger partial charge in [0, 0.05) is 6.10 Å². The highest BCUT2D eigenvalue weighted by atomic mass is 16.6. The minimum atomic E-state index is -0.219. The third-order valence-electron chi connectivity index (χ3n) is 1.96. The lowest BCUT2D eigenvalue weighted by Gasteiger charge is -2.38. The zero-order valence-electron chi connectivity index (χ0n) is 8.39. The molecule has 0 spiro atoms. The molecule has 1 heterocycles. The Bertz CT molecular complexity index is 189. The molecule has 1 atom stereocenters. The van der Waals surface area contributed by atoms with Crippen LogP contribution in [-0.2, 0) is 9.31 Å². The van der Waals surface area contributed by atoms with Crippen LogP contribution in [0.25, 0.3) is 0 Å². The van der Waals surface area contributed by atoms with Crippen LogP contribution in [0.2, 0.25) is 0 Å². The van der Waals surface area contributed by atoms with Crippen molar-refractivity contribution in [3.63, 3.8) is 0 Å². The average molecular weight is 168 g/mol. The second kappa shape index (κ2) is 3.23. The SMILES string of the molecule is C=C(C)B1OC(C)CC(C)(C)O1. The van der Waals surface area contributed by atoms with E-state index in [0.29, 0.717) is 0 Å². The second-order valence-corrected chi connectivity index (χ2v) is 4.21. The lowest BCUT2D eigenvalue weighted by atomic mass is 9.76. The van der Waals surface area contributed by atoms with Crippen LogP contribution in [0.5, 0.6) is 0 Å². The Balaban J connectivity index is 2.64. The van der Waals surface area contributed by atoms with Gasteiger partial charge in [-0.05, 0) is 34.1 Å². The van der Waals surface area contributed by atoms with Crippen LogP contribution in [0.3, 0.4) is 0 Å². The third-order valence-corrected chi connectivity index (χ3v) is 1.96. The Morgan fingerprint density at radius 2 is 2.17 bits per heavy atom. The van der Waals surface area contributed by atoms with Gasteiger partial charge in [0.05, 0.1) is 5.60 Å². The van der Waals surface area contributed by atoms with Crippen LogP contribution in [0.15, 0.2) is 12.1 Å². The number of rotatable bonds is 1. The molecule has 0 aromatic heterocycles. The summed E-state index contributed by atoms with van der Waals surface area (Å²) in [6, 6.07) is 0. The van der Waals surface area contributed by atoms with Crippen molar-refractivity contribution in [2.45, 2.75) is 45.8 Å². The maximum absolute atomic E-state index is 5.68. The van der Waals surface area contributed by atoms with E-state index in [2.05, 4.69) is 27.4 Å². The van der Waals surface area contributed by atoms with Gasteiger partial charge in [-0.2, -0.15) is 0 Å². The van der Waals surface area contributed by atoms with E-state index in [-0.39, 0.29) is 18.8 Å². The molecule has 1 fully saturated rings. The number of allylic oxidation sites excluding steroid dienone is 1. The van der Waals surface area contributed by atoms with E-state index in [4.69, 9.17) is 9.31 Å². The molecular formula is C9H17BO2. The summed E-state index contributed by atoms with van der Waals surface area (Å²) in [6.45, 7) is 12.0. The fourth-order valence-corrected chi connectivity index (χ4v) is 1.53. The summed E-state index contributed by atoms with van der Waals surface area (Å²) in [6.07, 6.45) is 1.20. The van der Waals surface area contributed by atoms with Gasteiger partial charge in [0.2, 0.25) is 0 Å². The highest BCUT2D eigenvalue weighted by molar-refractivity contribution is 6.53. The lowest BCUT2D eigenvalue weighted by molar-refractivity contribution is -0.0249. The van der Waals surface area contributed by atoms with E-state index in [9.17, 15) is 0 Å². The molecule has 2 nitrogen and oxygen atoms in total. The monoisotopic (exact) mass is 168 g/mol. The van der Waals surface area contributed by atoms with E-state index in [1.165, 1.54) is 0 Å². The van der Waals surface area contributed by atoms with Gasteiger partial charge in [-0.1, -0.05) is 5.47 Å². The van der Waals surface area contributed by atoms with E-state index in [1.54, 1.807) is 0 Å². The smallest absolute Gasteiger partial charge is 0.405 e. The van der Waals surface area contributed by atoms with Crippen molar-refractivity contribution in [1.29, 1.82) is 0 Å². The normalized spacial score (nSPS) is 28.7. The van der Waals surface area contributed by atoms with Crippen LogP contribution >= 0.6 is 0 Å². The van der Waals surface area contributed by atoms with Crippen LogP contribution in [0.4, 0.5) is 0 Å². The molecule has 0 aliphatic carbocycles. The molecule has 1 rings (SSSR count). The molecule has 0 bridgehead atoms. The van der Waals surface area contributed by atoms with Crippen molar-refractivity contribution in [2.75, 3.05) is 0 Å². The number of hydrogen-bond donors (Lipinski definition) is 0. The highest BCUT2D eigenvalue weighted by Gasteiger charge is 2.37. The summed E-state index contributed by atoms with van der Waals surface area (Å²) in [4.78, 5) is 0. The van der Waals surface area contributed by atoms with Crippen LogP contribution in [-0.4, -0.2) is 18.8 Å². The maximum Gasteiger partial charge on any atom is 0.489 e. The molecule has 1 aliphatic heterocycles. The quantitative estimate of drug-likeness (QED) is 0.558. The summed E-state index contributed by atoms with van der Waals surface area (Å²) < 4.78 is 11.2. The Labute approximate surface area is 75.1 Å². The summed E-state index contributed by atoms with van der Waals surface area (Å²) in [5, 5.41) is 0. The van der Waals surface area contributed by atoms with E-state index < -0.39 is 0 Å². The molecule has 1 aliphatic rings. The Morgan fingerprint density at radius 3 is 2.58 bits per heavy atom. The van der Waals surface area contributed by atoms with Crippen molar-refractivity contribution >= 4 is 7.12 Å². The molecule has 1 unspecified atom stereocenters. The molecule has 0 radical (unpaired) electrons. The Kier molecular flexibility index (Phi) is 2.64. The molecule has 3 heteroatoms. The fourth-order valence-electron chi connectivity index (χ4n) is 1.53. The lowest BCUT2D eigenvalue weighted by Crippen LogP contribution is -2.46. The van der Waals surface area contributed by atoms with Crippen molar-refractivity contribution in [1.82, 2.24) is 0 Å². The molecule has 1 saturated heterocycles. The Hall–Kier alpha value is -0.275. The van der Waals surface area contributed by atoms with Gasteiger partial charge in [-0.15, -0.1) is 6.58 Å². The van der Waals surface area contributed by atoms with E-state index in [0.717, 1.165) is 11.9 Å². The summed E-state index contributed by atoms with van der Waals surface area (Å²) >= 11 is 0. The summed E-state index contributed by atoms with van der Waals surface area (Å²) in [5.41, 5.74) is 0.857. The molecule has 0 amide bonds. The molecular weight excluding hydrogens is 151 g/mol. The first-order valence-corrected chi connectivity index (χ1v) is 4.39. The molecule has 0 aromatic rings. The maximum atomic E-state index is 5.68. The van der Waals surface area contributed by atoms with Gasteiger partial charge in [0.1, 0.15) is 0 Å². The third kappa shape index (κ3) is 2.36. The molecule has 0 saturated carbocycles. The first-order chi connectivity index (χ1) is 5.41. The standard InChI is InChI=1S/C9H17BO2/c1-7(2)10-11-8(3)6-9(4,5)12-10/h8H,1,6H2,2-5H3. The predicted molar refractivity (Wildman–Crippen MR) is 50.9 cm³/mol. The second-order valence-electron chi connectivity index (χ2n) is 4.21. The summed E-state index contributed by atoms with van der Waals surface area (Å²) in [5.74, 6) is 0. The van der Waals surface area contributed by atoms with Gasteiger partial charge in [0.25, 0.3) is 0 Å². The zero-order valence-corrected chi connectivity index (χ0v) is 8.39. The largest absolute Gasteiger partial charge is 0.489 e.